The Morgan fingerprint density at radius 2 is 1.78 bits per heavy atom. The zero-order valence-electron chi connectivity index (χ0n) is 14.6. The number of carbonyl (C=O) groups is 1. The minimum Gasteiger partial charge on any atom is -0.299 e. The van der Waals surface area contributed by atoms with Gasteiger partial charge in [0.05, 0.1) is 17.7 Å². The number of aliphatic imine (C=N–C) groups is 1. The number of hydrogen-bond donors (Lipinski definition) is 0. The molecule has 1 aliphatic carbocycles. The van der Waals surface area contributed by atoms with Crippen molar-refractivity contribution in [3.8, 4) is 0 Å². The van der Waals surface area contributed by atoms with E-state index in [4.69, 9.17) is 4.99 Å². The quantitative estimate of drug-likeness (QED) is 0.465. The molecule has 0 amide bonds. The maximum Gasteiger partial charge on any atom is 0.142 e. The summed E-state index contributed by atoms with van der Waals surface area (Å²) in [4.78, 5) is 19.6. The van der Waals surface area contributed by atoms with E-state index < -0.39 is 0 Å². The number of halogens is 1. The fourth-order valence-corrected chi connectivity index (χ4v) is 5.66. The van der Waals surface area contributed by atoms with Crippen molar-refractivity contribution in [3.05, 3.63) is 92.1 Å². The van der Waals surface area contributed by atoms with Crippen LogP contribution in [0.3, 0.4) is 0 Å². The molecule has 3 aromatic rings. The first-order chi connectivity index (χ1) is 13.2. The lowest BCUT2D eigenvalue weighted by Gasteiger charge is -2.35. The minimum atomic E-state index is -0.213. The molecule has 0 saturated heterocycles. The molecular weight excluding hydrogens is 418 g/mol. The van der Waals surface area contributed by atoms with Gasteiger partial charge in [-0.2, -0.15) is 0 Å². The Labute approximate surface area is 171 Å². The van der Waals surface area contributed by atoms with E-state index in [1.54, 1.807) is 11.3 Å². The molecule has 3 heterocycles. The predicted molar refractivity (Wildman–Crippen MR) is 114 cm³/mol. The van der Waals surface area contributed by atoms with Crippen LogP contribution in [0.2, 0.25) is 0 Å². The number of fused-ring (bicyclic) bond motifs is 3. The van der Waals surface area contributed by atoms with E-state index in [1.807, 2.05) is 18.2 Å². The summed E-state index contributed by atoms with van der Waals surface area (Å²) < 4.78 is 1.03. The van der Waals surface area contributed by atoms with Crippen LogP contribution in [-0.4, -0.2) is 11.5 Å². The van der Waals surface area contributed by atoms with Crippen molar-refractivity contribution >= 4 is 38.8 Å². The van der Waals surface area contributed by atoms with Gasteiger partial charge in [-0.25, -0.2) is 0 Å². The smallest absolute Gasteiger partial charge is 0.142 e. The van der Waals surface area contributed by atoms with Crippen molar-refractivity contribution in [2.75, 3.05) is 0 Å². The third kappa shape index (κ3) is 2.91. The molecule has 27 heavy (non-hydrogen) atoms. The highest BCUT2D eigenvalue weighted by Crippen LogP contribution is 2.49. The molecule has 2 aromatic carbocycles. The van der Waals surface area contributed by atoms with Crippen molar-refractivity contribution in [2.45, 2.75) is 30.7 Å². The number of Topliss-reactive ketones (excluding diaryl/α,β-unsaturated/α-hetero) is 1. The SMILES string of the molecule is O=C1CCC2C(c3ccccc3)=NC(c3sccc32)C1c1ccc(Br)cc1. The Morgan fingerprint density at radius 1 is 1.00 bits per heavy atom. The first-order valence-electron chi connectivity index (χ1n) is 9.21. The monoisotopic (exact) mass is 435 g/mol. The van der Waals surface area contributed by atoms with Crippen LogP contribution in [0.25, 0.3) is 0 Å². The molecule has 0 saturated carbocycles. The van der Waals surface area contributed by atoms with E-state index in [0.29, 0.717) is 12.2 Å². The zero-order chi connectivity index (χ0) is 18.4. The fourth-order valence-electron chi connectivity index (χ4n) is 4.36. The molecule has 0 radical (unpaired) electrons. The molecule has 0 N–H and O–H groups in total. The second-order valence-electron chi connectivity index (χ2n) is 7.15. The van der Waals surface area contributed by atoms with Crippen molar-refractivity contribution in [2.24, 2.45) is 4.99 Å². The van der Waals surface area contributed by atoms with E-state index in [-0.39, 0.29) is 17.9 Å². The standard InChI is InChI=1S/C23H18BrNOS/c24-16-8-6-14(7-9-16)20-19(26)11-10-17-18-12-13-27-23(18)22(20)25-21(17)15-4-2-1-3-5-15/h1-9,12-13,17,20,22H,10-11H2. The minimum absolute atomic E-state index is 0.125. The maximum absolute atomic E-state index is 13.1. The van der Waals surface area contributed by atoms with Crippen molar-refractivity contribution in [1.82, 2.24) is 0 Å². The summed E-state index contributed by atoms with van der Waals surface area (Å²) in [5.41, 5.74) is 4.74. The van der Waals surface area contributed by atoms with Crippen molar-refractivity contribution < 1.29 is 4.79 Å². The number of thiophene rings is 1. The molecule has 3 atom stereocenters. The molecule has 6 rings (SSSR count). The number of hydrogen-bond acceptors (Lipinski definition) is 3. The summed E-state index contributed by atoms with van der Waals surface area (Å²) in [6.07, 6.45) is 1.43. The second-order valence-corrected chi connectivity index (χ2v) is 9.02. The van der Waals surface area contributed by atoms with Crippen molar-refractivity contribution in [3.63, 3.8) is 0 Å². The van der Waals surface area contributed by atoms with Gasteiger partial charge in [-0.1, -0.05) is 58.4 Å². The van der Waals surface area contributed by atoms with E-state index in [0.717, 1.165) is 22.2 Å². The summed E-state index contributed by atoms with van der Waals surface area (Å²) in [5.74, 6) is 0.317. The molecular formula is C23H18BrNOS. The summed E-state index contributed by atoms with van der Waals surface area (Å²) in [7, 11) is 0. The van der Waals surface area contributed by atoms with Gasteiger partial charge in [-0.15, -0.1) is 11.3 Å². The maximum atomic E-state index is 13.1. The van der Waals surface area contributed by atoms with E-state index in [1.165, 1.54) is 16.0 Å². The van der Waals surface area contributed by atoms with E-state index in [9.17, 15) is 4.79 Å². The highest BCUT2D eigenvalue weighted by molar-refractivity contribution is 9.10. The van der Waals surface area contributed by atoms with Crippen LogP contribution in [0.4, 0.5) is 0 Å². The summed E-state index contributed by atoms with van der Waals surface area (Å²) in [5, 5.41) is 2.16. The Bertz CT molecular complexity index is 1020. The number of ketones is 1. The second kappa shape index (κ2) is 6.84. The zero-order valence-corrected chi connectivity index (χ0v) is 17.0. The Balaban J connectivity index is 1.70. The van der Waals surface area contributed by atoms with Crippen LogP contribution in [0.5, 0.6) is 0 Å². The van der Waals surface area contributed by atoms with Crippen molar-refractivity contribution in [1.29, 1.82) is 0 Å². The molecule has 1 aromatic heterocycles. The molecule has 2 aliphatic heterocycles. The van der Waals surface area contributed by atoms with Gasteiger partial charge < -0.3 is 0 Å². The number of nitrogens with zero attached hydrogens (tertiary/aromatic N) is 1. The number of carbonyl (C=O) groups excluding carboxylic acids is 1. The van der Waals surface area contributed by atoms with Crippen LogP contribution >= 0.6 is 27.3 Å². The molecule has 0 spiro atoms. The van der Waals surface area contributed by atoms with Gasteiger partial charge in [-0.3, -0.25) is 9.79 Å². The Kier molecular flexibility index (Phi) is 4.33. The summed E-state index contributed by atoms with van der Waals surface area (Å²) in [6.45, 7) is 0. The van der Waals surface area contributed by atoms with Gasteiger partial charge in [0.25, 0.3) is 0 Å². The highest BCUT2D eigenvalue weighted by atomic mass is 79.9. The lowest BCUT2D eigenvalue weighted by molar-refractivity contribution is -0.121. The van der Waals surface area contributed by atoms with Gasteiger partial charge >= 0.3 is 0 Å². The average Bonchev–Trinajstić information content (AvgIpc) is 3.17. The van der Waals surface area contributed by atoms with Gasteiger partial charge in [0.2, 0.25) is 0 Å². The Hall–Kier alpha value is -2.04. The van der Waals surface area contributed by atoms with Crippen LogP contribution in [-0.2, 0) is 4.79 Å². The summed E-state index contributed by atoms with van der Waals surface area (Å²) in [6, 6.07) is 20.7. The molecule has 2 bridgehead atoms. The third-order valence-electron chi connectivity index (χ3n) is 5.62. The van der Waals surface area contributed by atoms with Gasteiger partial charge in [0, 0.05) is 21.7 Å². The van der Waals surface area contributed by atoms with E-state index in [2.05, 4.69) is 63.8 Å². The summed E-state index contributed by atoms with van der Waals surface area (Å²) >= 11 is 5.25. The van der Waals surface area contributed by atoms with Crippen LogP contribution in [0.1, 0.15) is 52.3 Å². The van der Waals surface area contributed by atoms with Crippen LogP contribution < -0.4 is 0 Å². The van der Waals surface area contributed by atoms with Gasteiger partial charge in [0.1, 0.15) is 5.78 Å². The molecule has 4 heteroatoms. The molecule has 0 fully saturated rings. The largest absolute Gasteiger partial charge is 0.299 e. The normalized spacial score (nSPS) is 24.1. The van der Waals surface area contributed by atoms with Gasteiger partial charge in [0.15, 0.2) is 0 Å². The Morgan fingerprint density at radius 3 is 2.56 bits per heavy atom. The topological polar surface area (TPSA) is 29.4 Å². The number of rotatable bonds is 2. The van der Waals surface area contributed by atoms with E-state index >= 15 is 0 Å². The fraction of sp³-hybridized carbons (Fsp3) is 0.217. The first-order valence-corrected chi connectivity index (χ1v) is 10.9. The third-order valence-corrected chi connectivity index (χ3v) is 7.15. The van der Waals surface area contributed by atoms with Crippen LogP contribution in [0.15, 0.2) is 75.5 Å². The average molecular weight is 436 g/mol. The lowest BCUT2D eigenvalue weighted by Crippen LogP contribution is -2.31. The molecule has 2 nitrogen and oxygen atoms in total. The predicted octanol–water partition coefficient (Wildman–Crippen LogP) is 6.28. The lowest BCUT2D eigenvalue weighted by atomic mass is 9.74. The molecule has 3 aliphatic rings. The van der Waals surface area contributed by atoms with Gasteiger partial charge in [-0.05, 0) is 46.7 Å². The molecule has 134 valence electrons. The highest BCUT2D eigenvalue weighted by Gasteiger charge is 2.41. The first kappa shape index (κ1) is 17.1. The number of benzene rings is 2. The molecule has 3 unspecified atom stereocenters. The van der Waals surface area contributed by atoms with Crippen LogP contribution in [0, 0.1) is 0 Å².